The van der Waals surface area contributed by atoms with Crippen LogP contribution < -0.4 is 0 Å². The molecular weight excluding hydrogens is 254 g/mol. The van der Waals surface area contributed by atoms with Crippen molar-refractivity contribution < 1.29 is 4.92 Å². The van der Waals surface area contributed by atoms with Gasteiger partial charge in [-0.15, -0.1) is 0 Å². The Morgan fingerprint density at radius 3 is 2.80 bits per heavy atom. The highest BCUT2D eigenvalue weighted by atomic mass is 16.6. The third-order valence-electron chi connectivity index (χ3n) is 3.48. The predicted octanol–water partition coefficient (Wildman–Crippen LogP) is 3.73. The Morgan fingerprint density at radius 2 is 1.95 bits per heavy atom. The fraction of sp³-hybridized carbons (Fsp3) is 0. The van der Waals surface area contributed by atoms with Crippen LogP contribution in [0.3, 0.4) is 0 Å². The van der Waals surface area contributed by atoms with Gasteiger partial charge in [-0.1, -0.05) is 24.3 Å². The summed E-state index contributed by atoms with van der Waals surface area (Å²) in [5.74, 6) is 0. The number of rotatable bonds is 1. The van der Waals surface area contributed by atoms with Gasteiger partial charge in [-0.25, -0.2) is 4.98 Å². The molecule has 1 N–H and O–H groups in total. The van der Waals surface area contributed by atoms with Gasteiger partial charge in [0.05, 0.1) is 21.8 Å². The summed E-state index contributed by atoms with van der Waals surface area (Å²) in [4.78, 5) is 18.5. The zero-order valence-electron chi connectivity index (χ0n) is 10.3. The van der Waals surface area contributed by atoms with Crippen molar-refractivity contribution in [2.24, 2.45) is 0 Å². The van der Waals surface area contributed by atoms with Gasteiger partial charge >= 0.3 is 0 Å². The SMILES string of the molecule is O=[N+]([O-])c1cccc2nc3cc4ccccc4[nH]c-3c12. The number of H-pyrrole nitrogens is 1. The van der Waals surface area contributed by atoms with Crippen LogP contribution in [0.15, 0.2) is 48.5 Å². The standard InChI is InChI=1S/C15H9N3O2/c19-18(20)13-7-3-6-11-14(13)15-12(16-11)8-9-4-1-2-5-10(9)17-15/h1-8,17H. The highest BCUT2D eigenvalue weighted by Gasteiger charge is 2.21. The summed E-state index contributed by atoms with van der Waals surface area (Å²) in [6, 6.07) is 14.7. The Labute approximate surface area is 113 Å². The first kappa shape index (κ1) is 10.9. The number of non-ortho nitro benzene ring substituents is 1. The van der Waals surface area contributed by atoms with Gasteiger partial charge in [0.15, 0.2) is 0 Å². The number of benzene rings is 2. The predicted molar refractivity (Wildman–Crippen MR) is 76.9 cm³/mol. The molecular formula is C15H9N3O2. The molecule has 0 saturated carbocycles. The number of aromatic nitrogens is 2. The van der Waals surface area contributed by atoms with Crippen LogP contribution in [-0.2, 0) is 0 Å². The fourth-order valence-corrected chi connectivity index (χ4v) is 2.59. The number of hydrogen-bond donors (Lipinski definition) is 1. The summed E-state index contributed by atoms with van der Waals surface area (Å²) in [7, 11) is 0. The van der Waals surface area contributed by atoms with E-state index in [0.29, 0.717) is 16.6 Å². The number of fused-ring (bicyclic) bond motifs is 4. The number of nitro groups is 1. The average Bonchev–Trinajstić information content (AvgIpc) is 2.82. The van der Waals surface area contributed by atoms with Crippen molar-refractivity contribution >= 4 is 27.5 Å². The van der Waals surface area contributed by atoms with Crippen molar-refractivity contribution in [3.8, 4) is 11.4 Å². The average molecular weight is 263 g/mol. The van der Waals surface area contributed by atoms with Gasteiger partial charge in [0, 0.05) is 17.0 Å². The molecule has 5 heteroatoms. The molecule has 2 heterocycles. The quantitative estimate of drug-likeness (QED) is 0.420. The smallest absolute Gasteiger partial charge is 0.280 e. The summed E-state index contributed by atoms with van der Waals surface area (Å²) < 4.78 is 0. The molecule has 0 aromatic heterocycles. The molecule has 0 radical (unpaired) electrons. The summed E-state index contributed by atoms with van der Waals surface area (Å²) in [5, 5.41) is 12.8. The first-order valence-electron chi connectivity index (χ1n) is 6.18. The topological polar surface area (TPSA) is 71.8 Å². The van der Waals surface area contributed by atoms with Crippen molar-refractivity contribution in [2.75, 3.05) is 0 Å². The van der Waals surface area contributed by atoms with E-state index in [1.54, 1.807) is 12.1 Å². The highest BCUT2D eigenvalue weighted by Crippen LogP contribution is 2.36. The number of hydrogen-bond acceptors (Lipinski definition) is 3. The van der Waals surface area contributed by atoms with Gasteiger partial charge in [0.1, 0.15) is 5.39 Å². The fourth-order valence-electron chi connectivity index (χ4n) is 2.59. The van der Waals surface area contributed by atoms with Crippen molar-refractivity contribution in [1.29, 1.82) is 0 Å². The molecule has 0 saturated heterocycles. The van der Waals surface area contributed by atoms with Crippen LogP contribution in [0.4, 0.5) is 5.69 Å². The molecule has 4 rings (SSSR count). The molecule has 0 amide bonds. The lowest BCUT2D eigenvalue weighted by molar-refractivity contribution is -0.383. The number of para-hydroxylation sites is 1. The third kappa shape index (κ3) is 1.40. The molecule has 0 spiro atoms. The van der Waals surface area contributed by atoms with E-state index in [4.69, 9.17) is 0 Å². The van der Waals surface area contributed by atoms with Crippen molar-refractivity contribution in [1.82, 2.24) is 9.97 Å². The Hall–Kier alpha value is -2.95. The Balaban J connectivity index is 2.22. The molecule has 0 unspecified atom stereocenters. The molecule has 5 nitrogen and oxygen atoms in total. The number of nitro benzene ring substituents is 1. The second-order valence-corrected chi connectivity index (χ2v) is 4.66. The largest absolute Gasteiger partial charge is 0.353 e. The molecule has 0 bridgehead atoms. The lowest BCUT2D eigenvalue weighted by Crippen LogP contribution is -1.90. The summed E-state index contributed by atoms with van der Waals surface area (Å²) in [5.41, 5.74) is 3.11. The zero-order valence-corrected chi connectivity index (χ0v) is 10.3. The van der Waals surface area contributed by atoms with E-state index in [9.17, 15) is 10.1 Å². The van der Waals surface area contributed by atoms with E-state index < -0.39 is 0 Å². The molecule has 20 heavy (non-hydrogen) atoms. The Morgan fingerprint density at radius 1 is 1.10 bits per heavy atom. The van der Waals surface area contributed by atoms with Crippen molar-refractivity contribution in [3.63, 3.8) is 0 Å². The molecule has 2 aromatic rings. The zero-order chi connectivity index (χ0) is 13.7. The first-order chi connectivity index (χ1) is 9.74. The van der Waals surface area contributed by atoms with Gasteiger partial charge in [0.25, 0.3) is 5.69 Å². The molecule has 0 aliphatic carbocycles. The van der Waals surface area contributed by atoms with Gasteiger partial charge in [-0.3, -0.25) is 10.1 Å². The van der Waals surface area contributed by atoms with Crippen LogP contribution in [0.5, 0.6) is 0 Å². The van der Waals surface area contributed by atoms with Crippen LogP contribution in [-0.4, -0.2) is 14.9 Å². The lowest BCUT2D eigenvalue weighted by Gasteiger charge is -2.03. The molecule has 2 aliphatic rings. The third-order valence-corrected chi connectivity index (χ3v) is 3.48. The minimum absolute atomic E-state index is 0.0801. The van der Waals surface area contributed by atoms with E-state index in [0.717, 1.165) is 16.6 Å². The minimum atomic E-state index is -0.369. The maximum Gasteiger partial charge on any atom is 0.280 e. The molecule has 96 valence electrons. The van der Waals surface area contributed by atoms with Crippen molar-refractivity contribution in [2.45, 2.75) is 0 Å². The van der Waals surface area contributed by atoms with Crippen LogP contribution in [0.1, 0.15) is 0 Å². The number of pyridine rings is 1. The van der Waals surface area contributed by atoms with Gasteiger partial charge in [-0.05, 0) is 18.2 Å². The van der Waals surface area contributed by atoms with Crippen LogP contribution in [0, 0.1) is 10.1 Å². The number of nitrogens with one attached hydrogen (secondary N) is 1. The van der Waals surface area contributed by atoms with Crippen LogP contribution in [0.25, 0.3) is 33.2 Å². The van der Waals surface area contributed by atoms with E-state index in [1.807, 2.05) is 30.3 Å². The molecule has 2 aromatic carbocycles. The summed E-state index contributed by atoms with van der Waals surface area (Å²) in [6.45, 7) is 0. The second-order valence-electron chi connectivity index (χ2n) is 4.66. The number of nitrogens with zero attached hydrogens (tertiary/aromatic N) is 2. The van der Waals surface area contributed by atoms with Gasteiger partial charge < -0.3 is 4.98 Å². The van der Waals surface area contributed by atoms with Gasteiger partial charge in [0.2, 0.25) is 0 Å². The Kier molecular flexibility index (Phi) is 2.06. The molecule has 0 fully saturated rings. The second kappa shape index (κ2) is 3.77. The summed E-state index contributed by atoms with van der Waals surface area (Å²) in [6.07, 6.45) is 0. The normalized spacial score (nSPS) is 11.4. The molecule has 0 atom stereocenters. The van der Waals surface area contributed by atoms with Crippen molar-refractivity contribution in [3.05, 3.63) is 58.6 Å². The minimum Gasteiger partial charge on any atom is -0.353 e. The van der Waals surface area contributed by atoms with E-state index in [2.05, 4.69) is 9.97 Å². The lowest BCUT2D eigenvalue weighted by atomic mass is 10.1. The monoisotopic (exact) mass is 263 g/mol. The Bertz CT molecular complexity index is 942. The van der Waals surface area contributed by atoms with Crippen LogP contribution >= 0.6 is 0 Å². The maximum atomic E-state index is 11.2. The van der Waals surface area contributed by atoms with Gasteiger partial charge in [-0.2, -0.15) is 0 Å². The van der Waals surface area contributed by atoms with E-state index >= 15 is 0 Å². The highest BCUT2D eigenvalue weighted by molar-refractivity contribution is 6.04. The number of aromatic amines is 1. The van der Waals surface area contributed by atoms with E-state index in [-0.39, 0.29) is 10.6 Å². The summed E-state index contributed by atoms with van der Waals surface area (Å²) >= 11 is 0. The molecule has 2 aliphatic heterocycles. The van der Waals surface area contributed by atoms with Crippen LogP contribution in [0.2, 0.25) is 0 Å². The van der Waals surface area contributed by atoms with E-state index in [1.165, 1.54) is 6.07 Å². The maximum absolute atomic E-state index is 11.2. The first-order valence-corrected chi connectivity index (χ1v) is 6.18.